The van der Waals surface area contributed by atoms with Crippen LogP contribution < -0.4 is 0 Å². The van der Waals surface area contributed by atoms with E-state index < -0.39 is 70.4 Å². The lowest BCUT2D eigenvalue weighted by Gasteiger charge is -2.66. The van der Waals surface area contributed by atoms with E-state index in [1.54, 1.807) is 39.4 Å². The summed E-state index contributed by atoms with van der Waals surface area (Å²) < 4.78 is 29.8. The van der Waals surface area contributed by atoms with Crippen molar-refractivity contribution < 1.29 is 47.6 Å². The Bertz CT molecular complexity index is 1390. The number of carbonyl (C=O) groups is 4. The third-order valence-electron chi connectivity index (χ3n) is 11.6. The number of aliphatic hydroxyl groups excluding tert-OH is 1. The number of hydrogen-bond donors (Lipinski definition) is 1. The molecule has 0 unspecified atom stereocenters. The first-order valence-corrected chi connectivity index (χ1v) is 15.3. The van der Waals surface area contributed by atoms with Crippen LogP contribution in [-0.4, -0.2) is 66.9 Å². The Kier molecular flexibility index (Phi) is 8.25. The quantitative estimate of drug-likeness (QED) is 0.154. The Morgan fingerprint density at radius 3 is 2.41 bits per heavy atom. The first kappa shape index (κ1) is 32.2. The van der Waals surface area contributed by atoms with E-state index in [1.165, 1.54) is 14.0 Å². The van der Waals surface area contributed by atoms with Crippen LogP contribution >= 0.6 is 0 Å². The summed E-state index contributed by atoms with van der Waals surface area (Å²) in [6.45, 7) is 12.3. The molecule has 10 heteroatoms. The van der Waals surface area contributed by atoms with Crippen LogP contribution in [0.2, 0.25) is 0 Å². The summed E-state index contributed by atoms with van der Waals surface area (Å²) >= 11 is 0. The van der Waals surface area contributed by atoms with Crippen LogP contribution in [-0.2, 0) is 38.1 Å². The number of fused-ring (bicyclic) bond motifs is 4. The third-order valence-corrected chi connectivity index (χ3v) is 11.6. The van der Waals surface area contributed by atoms with Crippen LogP contribution in [0.25, 0.3) is 0 Å². The van der Waals surface area contributed by atoms with Crippen LogP contribution in [0.1, 0.15) is 79.2 Å². The molecule has 1 aromatic heterocycles. The molecule has 0 spiro atoms. The van der Waals surface area contributed by atoms with Gasteiger partial charge in [-0.25, -0.2) is 4.79 Å². The monoisotopic (exact) mass is 612 g/mol. The molecule has 44 heavy (non-hydrogen) atoms. The van der Waals surface area contributed by atoms with Gasteiger partial charge < -0.3 is 33.3 Å². The molecule has 1 N–H and O–H groups in total. The molecule has 10 nitrogen and oxygen atoms in total. The maximum Gasteiger partial charge on any atom is 0.333 e. The van der Waals surface area contributed by atoms with Crippen molar-refractivity contribution in [3.63, 3.8) is 0 Å². The first-order chi connectivity index (χ1) is 20.7. The van der Waals surface area contributed by atoms with Crippen molar-refractivity contribution >= 4 is 24.2 Å². The molecule has 4 aliphatic rings. The summed E-state index contributed by atoms with van der Waals surface area (Å²) in [5.41, 5.74) is -0.00747. The lowest BCUT2D eigenvalue weighted by atomic mass is 9.39. The molecule has 2 saturated carbocycles. The predicted octanol–water partition coefficient (Wildman–Crippen LogP) is 4.45. The van der Waals surface area contributed by atoms with Gasteiger partial charge in [-0.1, -0.05) is 25.5 Å². The van der Waals surface area contributed by atoms with Crippen molar-refractivity contribution in [2.75, 3.05) is 7.11 Å². The van der Waals surface area contributed by atoms with E-state index in [4.69, 9.17) is 23.4 Å². The average Bonchev–Trinajstić information content (AvgIpc) is 3.69. The van der Waals surface area contributed by atoms with Gasteiger partial charge in [-0.3, -0.25) is 9.59 Å². The number of esters is 3. The maximum atomic E-state index is 13.3. The molecule has 1 aliphatic heterocycles. The number of aldehydes is 1. The second kappa shape index (κ2) is 11.3. The Balaban J connectivity index is 1.79. The Hall–Kier alpha value is -3.24. The number of hydrogen-bond acceptors (Lipinski definition) is 10. The molecule has 240 valence electrons. The first-order valence-electron chi connectivity index (χ1n) is 15.3. The highest BCUT2D eigenvalue weighted by atomic mass is 16.6. The lowest BCUT2D eigenvalue weighted by molar-refractivity contribution is -0.279. The maximum absolute atomic E-state index is 13.3. The third kappa shape index (κ3) is 4.50. The highest BCUT2D eigenvalue weighted by Crippen LogP contribution is 2.72. The lowest BCUT2D eigenvalue weighted by Crippen LogP contribution is -2.73. The number of rotatable bonds is 7. The average molecular weight is 613 g/mol. The molecule has 5 rings (SSSR count). The van der Waals surface area contributed by atoms with Gasteiger partial charge in [-0.2, -0.15) is 0 Å². The van der Waals surface area contributed by atoms with Gasteiger partial charge in [0.15, 0.2) is 0 Å². The molecule has 0 aromatic carbocycles. The molecular formula is C34H44O10. The highest BCUT2D eigenvalue weighted by Gasteiger charge is 2.76. The molecule has 3 fully saturated rings. The van der Waals surface area contributed by atoms with Crippen molar-refractivity contribution in [2.24, 2.45) is 28.1 Å². The molecule has 2 heterocycles. The number of aliphatic hydroxyl groups is 1. The van der Waals surface area contributed by atoms with E-state index in [9.17, 15) is 24.3 Å². The van der Waals surface area contributed by atoms with Gasteiger partial charge in [-0.15, -0.1) is 0 Å². The summed E-state index contributed by atoms with van der Waals surface area (Å²) in [5, 5.41) is 11.5. The van der Waals surface area contributed by atoms with Crippen molar-refractivity contribution in [1.29, 1.82) is 0 Å². The number of ether oxygens (including phenoxy) is 4. The minimum Gasteiger partial charge on any atom is -0.472 e. The van der Waals surface area contributed by atoms with E-state index in [0.717, 1.165) is 16.7 Å². The zero-order valence-corrected chi connectivity index (χ0v) is 26.7. The topological polar surface area (TPSA) is 139 Å². The minimum absolute atomic E-state index is 0.0161. The van der Waals surface area contributed by atoms with E-state index in [1.807, 2.05) is 19.9 Å². The van der Waals surface area contributed by atoms with Gasteiger partial charge in [-0.05, 0) is 57.2 Å². The number of allylic oxidation sites excluding steroid dienone is 2. The summed E-state index contributed by atoms with van der Waals surface area (Å²) in [6.07, 6.45) is 1.94. The Morgan fingerprint density at radius 1 is 1.14 bits per heavy atom. The minimum atomic E-state index is -1.42. The van der Waals surface area contributed by atoms with E-state index in [-0.39, 0.29) is 24.9 Å². The standard InChI is InChI=1S/C34H44O10/c1-9-17(2)31(39)44-25-14-24(37)32(5,16-35)29-28(42-19(4)36)30-34(7,23(33(25,29)6)13-26(38)40-8)27-18(3)21(12-22(27)43-30)20-10-11-41-15-20/h9-11,15-16,21-25,28-30,37H,12-14H2,1-8H3/t21-,22+,23+,24-,25-,28+,29-,30+,32+,33+,34+/m0/s1. The second-order valence-corrected chi connectivity index (χ2v) is 13.6. The van der Waals surface area contributed by atoms with E-state index >= 15 is 0 Å². The smallest absolute Gasteiger partial charge is 0.333 e. The summed E-state index contributed by atoms with van der Waals surface area (Å²) in [7, 11) is 1.32. The predicted molar refractivity (Wildman–Crippen MR) is 157 cm³/mol. The molecule has 0 amide bonds. The second-order valence-electron chi connectivity index (χ2n) is 13.6. The Labute approximate surface area is 258 Å². The SMILES string of the molecule is CC=C(C)C(=O)O[C@H]1C[C@H](O)[C@@](C)(C=O)[C@@H]2[C@@H](OC(C)=O)[C@H]3O[C@@H]4C[C@H](c5ccoc5)C(C)=C4[C@@]3(C)[C@H](CC(=O)OC)[C@]12C. The molecule has 1 aromatic rings. The van der Waals surface area contributed by atoms with Crippen molar-refractivity contribution in [2.45, 2.75) is 104 Å². The van der Waals surface area contributed by atoms with Crippen LogP contribution in [0.4, 0.5) is 0 Å². The van der Waals surface area contributed by atoms with Crippen molar-refractivity contribution in [1.82, 2.24) is 0 Å². The summed E-state index contributed by atoms with van der Waals surface area (Å²) in [5.74, 6) is -3.06. The molecular weight excluding hydrogens is 568 g/mol. The van der Waals surface area contributed by atoms with Crippen LogP contribution in [0, 0.1) is 28.1 Å². The molecule has 11 atom stereocenters. The van der Waals surface area contributed by atoms with Gasteiger partial charge in [0, 0.05) is 48.0 Å². The van der Waals surface area contributed by atoms with Crippen LogP contribution in [0.3, 0.4) is 0 Å². The van der Waals surface area contributed by atoms with Gasteiger partial charge in [0.2, 0.25) is 0 Å². The van der Waals surface area contributed by atoms with Gasteiger partial charge >= 0.3 is 17.9 Å². The van der Waals surface area contributed by atoms with Crippen LogP contribution in [0.5, 0.6) is 0 Å². The van der Waals surface area contributed by atoms with Gasteiger partial charge in [0.1, 0.15) is 24.6 Å². The molecule has 0 bridgehead atoms. The molecule has 0 radical (unpaired) electrons. The zero-order valence-electron chi connectivity index (χ0n) is 26.7. The van der Waals surface area contributed by atoms with Crippen LogP contribution in [0.15, 0.2) is 45.8 Å². The normalized spacial score (nSPS) is 41.3. The summed E-state index contributed by atoms with van der Waals surface area (Å²) in [4.78, 5) is 52.3. The van der Waals surface area contributed by atoms with Crippen molar-refractivity contribution in [3.05, 3.63) is 47.0 Å². The fourth-order valence-corrected chi connectivity index (χ4v) is 9.41. The number of methoxy groups -OCH3 is 1. The van der Waals surface area contributed by atoms with Gasteiger partial charge in [0.05, 0.1) is 37.3 Å². The van der Waals surface area contributed by atoms with Crippen molar-refractivity contribution in [3.8, 4) is 0 Å². The molecule has 1 saturated heterocycles. The van der Waals surface area contributed by atoms with Gasteiger partial charge in [0.25, 0.3) is 0 Å². The largest absolute Gasteiger partial charge is 0.472 e. The number of furan rings is 1. The van der Waals surface area contributed by atoms with E-state index in [0.29, 0.717) is 18.3 Å². The van der Waals surface area contributed by atoms with E-state index in [2.05, 4.69) is 6.92 Å². The number of carbonyl (C=O) groups excluding carboxylic acids is 4. The fraction of sp³-hybridized carbons (Fsp3) is 0.647. The zero-order chi connectivity index (χ0) is 32.4. The molecule has 3 aliphatic carbocycles. The fourth-order valence-electron chi connectivity index (χ4n) is 9.41. The summed E-state index contributed by atoms with van der Waals surface area (Å²) in [6, 6.07) is 1.93. The highest BCUT2D eigenvalue weighted by molar-refractivity contribution is 5.87. The Morgan fingerprint density at radius 2 is 1.84 bits per heavy atom.